The maximum absolute atomic E-state index is 13.7. The molecule has 2 aliphatic heterocycles. The van der Waals surface area contributed by atoms with Crippen molar-refractivity contribution in [2.75, 3.05) is 0 Å². The van der Waals surface area contributed by atoms with Gasteiger partial charge >= 0.3 is 0 Å². The Morgan fingerprint density at radius 1 is 1.37 bits per heavy atom. The molecule has 1 aromatic carbocycles. The number of hydrogen-bond donors (Lipinski definition) is 2. The van der Waals surface area contributed by atoms with Crippen LogP contribution in [-0.2, 0) is 11.2 Å². The lowest BCUT2D eigenvalue weighted by molar-refractivity contribution is 0.0856. The van der Waals surface area contributed by atoms with Gasteiger partial charge in [0.1, 0.15) is 0 Å². The molecule has 2 bridgehead atoms. The van der Waals surface area contributed by atoms with Crippen molar-refractivity contribution in [3.05, 3.63) is 35.4 Å². The van der Waals surface area contributed by atoms with Crippen LogP contribution in [0.15, 0.2) is 18.2 Å². The fourth-order valence-corrected chi connectivity index (χ4v) is 3.38. The molecular weight excluding hydrogens is 250 g/mol. The second kappa shape index (κ2) is 5.15. The third kappa shape index (κ3) is 2.38. The van der Waals surface area contributed by atoms with E-state index >= 15 is 0 Å². The molecule has 0 saturated carbocycles. The van der Waals surface area contributed by atoms with Crippen molar-refractivity contribution in [1.29, 1.82) is 0 Å². The van der Waals surface area contributed by atoms with Gasteiger partial charge in [0.15, 0.2) is 11.6 Å². The summed E-state index contributed by atoms with van der Waals surface area (Å²) < 4.78 is 32.7. The highest BCUT2D eigenvalue weighted by molar-refractivity contribution is 5.20. The topological polar surface area (TPSA) is 47.3 Å². The van der Waals surface area contributed by atoms with Gasteiger partial charge in [0, 0.05) is 12.0 Å². The molecular formula is C14H18F2N2O. The normalized spacial score (nSPS) is 30.8. The van der Waals surface area contributed by atoms with Gasteiger partial charge in [-0.3, -0.25) is 11.3 Å². The number of halogens is 2. The van der Waals surface area contributed by atoms with Crippen LogP contribution in [0.25, 0.3) is 0 Å². The minimum absolute atomic E-state index is 0.0772. The predicted octanol–water partition coefficient (Wildman–Crippen LogP) is 1.91. The van der Waals surface area contributed by atoms with E-state index in [-0.39, 0.29) is 18.1 Å². The number of hydrazine groups is 1. The Balaban J connectivity index is 1.75. The Labute approximate surface area is 111 Å². The zero-order chi connectivity index (χ0) is 13.4. The zero-order valence-electron chi connectivity index (χ0n) is 10.6. The minimum Gasteiger partial charge on any atom is -0.375 e. The first-order valence-corrected chi connectivity index (χ1v) is 6.73. The summed E-state index contributed by atoms with van der Waals surface area (Å²) in [6.07, 6.45) is 4.02. The van der Waals surface area contributed by atoms with Gasteiger partial charge in [0.25, 0.3) is 0 Å². The lowest BCUT2D eigenvalue weighted by atomic mass is 9.81. The van der Waals surface area contributed by atoms with E-state index in [4.69, 9.17) is 10.6 Å². The Morgan fingerprint density at radius 2 is 2.21 bits per heavy atom. The van der Waals surface area contributed by atoms with E-state index < -0.39 is 11.6 Å². The van der Waals surface area contributed by atoms with Gasteiger partial charge in [-0.1, -0.05) is 12.1 Å². The molecule has 2 heterocycles. The van der Waals surface area contributed by atoms with E-state index in [2.05, 4.69) is 5.43 Å². The van der Waals surface area contributed by atoms with Crippen molar-refractivity contribution in [2.45, 2.75) is 43.9 Å². The number of hydrogen-bond acceptors (Lipinski definition) is 3. The summed E-state index contributed by atoms with van der Waals surface area (Å²) in [5, 5.41) is 0. The predicted molar refractivity (Wildman–Crippen MR) is 67.2 cm³/mol. The van der Waals surface area contributed by atoms with Crippen LogP contribution >= 0.6 is 0 Å². The van der Waals surface area contributed by atoms with Gasteiger partial charge in [0.05, 0.1) is 12.2 Å². The molecule has 2 fully saturated rings. The molecule has 2 aliphatic rings. The molecule has 1 aromatic rings. The van der Waals surface area contributed by atoms with Crippen molar-refractivity contribution < 1.29 is 13.5 Å². The van der Waals surface area contributed by atoms with E-state index in [1.807, 2.05) is 0 Å². The highest BCUT2D eigenvalue weighted by Gasteiger charge is 2.44. The van der Waals surface area contributed by atoms with Gasteiger partial charge in [-0.15, -0.1) is 0 Å². The first-order valence-electron chi connectivity index (χ1n) is 6.73. The van der Waals surface area contributed by atoms with Crippen molar-refractivity contribution >= 4 is 0 Å². The molecule has 5 heteroatoms. The van der Waals surface area contributed by atoms with E-state index in [0.717, 1.165) is 25.3 Å². The Kier molecular flexibility index (Phi) is 3.52. The number of nitrogens with one attached hydrogen (secondary N) is 1. The summed E-state index contributed by atoms with van der Waals surface area (Å²) in [4.78, 5) is 0. The summed E-state index contributed by atoms with van der Waals surface area (Å²) in [7, 11) is 0. The number of ether oxygens (including phenoxy) is 1. The van der Waals surface area contributed by atoms with Crippen molar-refractivity contribution in [2.24, 2.45) is 11.8 Å². The van der Waals surface area contributed by atoms with Crippen molar-refractivity contribution in [1.82, 2.24) is 5.43 Å². The Morgan fingerprint density at radius 3 is 2.84 bits per heavy atom. The van der Waals surface area contributed by atoms with Crippen molar-refractivity contribution in [3.63, 3.8) is 0 Å². The third-order valence-corrected chi connectivity index (χ3v) is 4.36. The largest absolute Gasteiger partial charge is 0.375 e. The quantitative estimate of drug-likeness (QED) is 0.648. The van der Waals surface area contributed by atoms with E-state index in [1.165, 1.54) is 6.07 Å². The molecule has 3 rings (SSSR count). The number of benzene rings is 1. The molecule has 19 heavy (non-hydrogen) atoms. The number of fused-ring (bicyclic) bond motifs is 2. The van der Waals surface area contributed by atoms with Gasteiger partial charge in [-0.25, -0.2) is 8.78 Å². The monoisotopic (exact) mass is 268 g/mol. The molecule has 0 aliphatic carbocycles. The van der Waals surface area contributed by atoms with Crippen LogP contribution in [-0.4, -0.2) is 18.2 Å². The van der Waals surface area contributed by atoms with Crippen molar-refractivity contribution in [3.8, 4) is 0 Å². The van der Waals surface area contributed by atoms with Gasteiger partial charge < -0.3 is 4.74 Å². The maximum Gasteiger partial charge on any atom is 0.162 e. The highest BCUT2D eigenvalue weighted by atomic mass is 19.2. The number of rotatable bonds is 4. The molecule has 104 valence electrons. The second-order valence-electron chi connectivity index (χ2n) is 5.46. The Hall–Kier alpha value is -1.04. The van der Waals surface area contributed by atoms with E-state index in [1.54, 1.807) is 6.07 Å². The Bertz CT molecular complexity index is 469. The fourth-order valence-electron chi connectivity index (χ4n) is 3.38. The van der Waals surface area contributed by atoms with Gasteiger partial charge in [-0.05, 0) is 37.3 Å². The summed E-state index contributed by atoms with van der Waals surface area (Å²) in [5.74, 6) is 4.30. The van der Waals surface area contributed by atoms with Crippen LogP contribution in [0.5, 0.6) is 0 Å². The van der Waals surface area contributed by atoms with Crippen LogP contribution in [0.3, 0.4) is 0 Å². The standard InChI is InChI=1S/C14H18F2N2O/c15-11-3-1-2-8(14(11)16)6-12(18-17)10-7-9-4-5-13(10)19-9/h1-3,9-10,12-13,18H,4-7,17H2. The average molecular weight is 268 g/mol. The van der Waals surface area contributed by atoms with Crippen LogP contribution in [0, 0.1) is 17.6 Å². The van der Waals surface area contributed by atoms with Gasteiger partial charge in [-0.2, -0.15) is 0 Å². The highest BCUT2D eigenvalue weighted by Crippen LogP contribution is 2.41. The maximum atomic E-state index is 13.7. The first-order chi connectivity index (χ1) is 9.19. The van der Waals surface area contributed by atoms with Gasteiger partial charge in [0.2, 0.25) is 0 Å². The van der Waals surface area contributed by atoms with E-state index in [9.17, 15) is 8.78 Å². The molecule has 0 amide bonds. The third-order valence-electron chi connectivity index (χ3n) is 4.36. The van der Waals surface area contributed by atoms with Crippen LogP contribution in [0.1, 0.15) is 24.8 Å². The first kappa shape index (κ1) is 13.0. The molecule has 4 unspecified atom stereocenters. The molecule has 0 spiro atoms. The van der Waals surface area contributed by atoms with Crippen LogP contribution in [0.4, 0.5) is 8.78 Å². The van der Waals surface area contributed by atoms with Crippen LogP contribution < -0.4 is 11.3 Å². The molecule has 0 radical (unpaired) electrons. The SMILES string of the molecule is NNC(Cc1cccc(F)c1F)C1CC2CCC1O2. The lowest BCUT2D eigenvalue weighted by Crippen LogP contribution is -2.46. The number of nitrogens with two attached hydrogens (primary N) is 1. The summed E-state index contributed by atoms with van der Waals surface area (Å²) in [5.41, 5.74) is 3.12. The fraction of sp³-hybridized carbons (Fsp3) is 0.571. The smallest absolute Gasteiger partial charge is 0.162 e. The molecule has 3 nitrogen and oxygen atoms in total. The van der Waals surface area contributed by atoms with E-state index in [0.29, 0.717) is 18.1 Å². The molecule has 4 atom stereocenters. The zero-order valence-corrected chi connectivity index (χ0v) is 10.6. The molecule has 3 N–H and O–H groups in total. The summed E-state index contributed by atoms with van der Waals surface area (Å²) >= 11 is 0. The summed E-state index contributed by atoms with van der Waals surface area (Å²) in [6, 6.07) is 4.19. The molecule has 0 aromatic heterocycles. The molecule has 2 saturated heterocycles. The average Bonchev–Trinajstić information content (AvgIpc) is 3.03. The second-order valence-corrected chi connectivity index (χ2v) is 5.46. The summed E-state index contributed by atoms with van der Waals surface area (Å²) in [6.45, 7) is 0. The lowest BCUT2D eigenvalue weighted by Gasteiger charge is -2.28. The van der Waals surface area contributed by atoms with Crippen LogP contribution in [0.2, 0.25) is 0 Å². The minimum atomic E-state index is -0.808.